The van der Waals surface area contributed by atoms with E-state index < -0.39 is 0 Å². The number of rotatable bonds is 5. The van der Waals surface area contributed by atoms with Crippen molar-refractivity contribution in [3.63, 3.8) is 0 Å². The monoisotopic (exact) mass is 332 g/mol. The van der Waals surface area contributed by atoms with Gasteiger partial charge in [0.25, 0.3) is 5.91 Å². The Hall–Kier alpha value is -1.63. The van der Waals surface area contributed by atoms with Gasteiger partial charge in [-0.05, 0) is 30.8 Å². The molecule has 0 aliphatic carbocycles. The molecule has 0 saturated carbocycles. The highest BCUT2D eigenvalue weighted by molar-refractivity contribution is 5.94. The van der Waals surface area contributed by atoms with E-state index in [-0.39, 0.29) is 17.9 Å². The second-order valence-electron chi connectivity index (χ2n) is 6.66. The number of aliphatic hydroxyl groups is 1. The minimum atomic E-state index is -0.366. The lowest BCUT2D eigenvalue weighted by atomic mass is 10.1. The van der Waals surface area contributed by atoms with Crippen LogP contribution in [-0.4, -0.2) is 74.4 Å². The lowest BCUT2D eigenvalue weighted by Gasteiger charge is -2.35. The zero-order valence-corrected chi connectivity index (χ0v) is 14.4. The Labute approximate surface area is 143 Å². The fourth-order valence-electron chi connectivity index (χ4n) is 3.40. The standard InChI is InChI=1S/C18H28N4O2/c1-2-21-7-9-22(10-8-21)16-5-3-14(4-6-16)18(24)20-12-15-11-19-13-17(15)23/h3-6,15,17,19,23H,2,7-13H2,1H3,(H,20,24). The summed E-state index contributed by atoms with van der Waals surface area (Å²) in [4.78, 5) is 17.1. The quantitative estimate of drug-likeness (QED) is 0.716. The molecule has 24 heavy (non-hydrogen) atoms. The van der Waals surface area contributed by atoms with Crippen molar-refractivity contribution in [1.29, 1.82) is 0 Å². The van der Waals surface area contributed by atoms with Crippen LogP contribution in [0.25, 0.3) is 0 Å². The van der Waals surface area contributed by atoms with Crippen LogP contribution in [0.3, 0.4) is 0 Å². The molecule has 2 unspecified atom stereocenters. The molecule has 1 aromatic rings. The van der Waals surface area contributed by atoms with Crippen LogP contribution >= 0.6 is 0 Å². The van der Waals surface area contributed by atoms with E-state index >= 15 is 0 Å². The lowest BCUT2D eigenvalue weighted by Crippen LogP contribution is -2.46. The number of aliphatic hydroxyl groups excluding tert-OH is 1. The predicted octanol–water partition coefficient (Wildman–Crippen LogP) is 0.139. The number of carbonyl (C=O) groups is 1. The van der Waals surface area contributed by atoms with Gasteiger partial charge < -0.3 is 25.5 Å². The molecule has 2 saturated heterocycles. The predicted molar refractivity (Wildman–Crippen MR) is 95.5 cm³/mol. The van der Waals surface area contributed by atoms with E-state index in [1.807, 2.05) is 24.3 Å². The molecular weight excluding hydrogens is 304 g/mol. The van der Waals surface area contributed by atoms with Crippen LogP contribution in [-0.2, 0) is 0 Å². The van der Waals surface area contributed by atoms with Gasteiger partial charge in [0.2, 0.25) is 0 Å². The van der Waals surface area contributed by atoms with Gasteiger partial charge in [-0.25, -0.2) is 0 Å². The van der Waals surface area contributed by atoms with Crippen LogP contribution in [0, 0.1) is 5.92 Å². The van der Waals surface area contributed by atoms with E-state index in [1.165, 1.54) is 5.69 Å². The molecule has 2 fully saturated rings. The first-order valence-corrected chi connectivity index (χ1v) is 8.91. The third kappa shape index (κ3) is 4.06. The summed E-state index contributed by atoms with van der Waals surface area (Å²) < 4.78 is 0. The zero-order valence-electron chi connectivity index (χ0n) is 14.4. The van der Waals surface area contributed by atoms with E-state index in [9.17, 15) is 9.90 Å². The van der Waals surface area contributed by atoms with Crippen molar-refractivity contribution in [2.75, 3.05) is 57.3 Å². The van der Waals surface area contributed by atoms with Crippen molar-refractivity contribution in [3.8, 4) is 0 Å². The van der Waals surface area contributed by atoms with Gasteiger partial charge in [0.05, 0.1) is 6.10 Å². The van der Waals surface area contributed by atoms with Crippen molar-refractivity contribution >= 4 is 11.6 Å². The van der Waals surface area contributed by atoms with E-state index in [4.69, 9.17) is 0 Å². The van der Waals surface area contributed by atoms with Crippen molar-refractivity contribution in [2.24, 2.45) is 5.92 Å². The number of nitrogens with zero attached hydrogens (tertiary/aromatic N) is 2. The molecule has 0 aromatic heterocycles. The number of amides is 1. The van der Waals surface area contributed by atoms with E-state index in [2.05, 4.69) is 27.4 Å². The Morgan fingerprint density at radius 1 is 1.21 bits per heavy atom. The van der Waals surface area contributed by atoms with Gasteiger partial charge in [0.1, 0.15) is 0 Å². The smallest absolute Gasteiger partial charge is 0.251 e. The summed E-state index contributed by atoms with van der Waals surface area (Å²) in [5.41, 5.74) is 1.85. The first-order chi connectivity index (χ1) is 11.7. The lowest BCUT2D eigenvalue weighted by molar-refractivity contribution is 0.0927. The number of β-amino-alcohol motifs (C(OH)–C–C–N with tert-alkyl or cyclic N) is 1. The minimum absolute atomic E-state index is 0.0727. The Bertz CT molecular complexity index is 540. The molecule has 3 N–H and O–H groups in total. The molecule has 1 amide bonds. The number of anilines is 1. The number of piperazine rings is 1. The molecular formula is C18H28N4O2. The zero-order chi connectivity index (χ0) is 16.9. The molecule has 132 valence electrons. The van der Waals surface area contributed by atoms with Gasteiger partial charge in [-0.1, -0.05) is 6.92 Å². The van der Waals surface area contributed by atoms with Gasteiger partial charge in [0.15, 0.2) is 0 Å². The molecule has 6 heteroatoms. The maximum atomic E-state index is 12.2. The van der Waals surface area contributed by atoms with Crippen LogP contribution in [0.5, 0.6) is 0 Å². The largest absolute Gasteiger partial charge is 0.391 e. The van der Waals surface area contributed by atoms with Gasteiger partial charge in [-0.3, -0.25) is 4.79 Å². The maximum absolute atomic E-state index is 12.2. The van der Waals surface area contributed by atoms with E-state index in [0.717, 1.165) is 39.3 Å². The molecule has 2 aliphatic heterocycles. The highest BCUT2D eigenvalue weighted by Gasteiger charge is 2.25. The summed E-state index contributed by atoms with van der Waals surface area (Å²) in [5, 5.41) is 15.8. The Balaban J connectivity index is 1.51. The average Bonchev–Trinajstić information content (AvgIpc) is 3.05. The maximum Gasteiger partial charge on any atom is 0.251 e. The Kier molecular flexibility index (Phi) is 5.71. The van der Waals surface area contributed by atoms with Crippen LogP contribution in [0.4, 0.5) is 5.69 Å². The third-order valence-electron chi connectivity index (χ3n) is 5.14. The Morgan fingerprint density at radius 2 is 1.92 bits per heavy atom. The van der Waals surface area contributed by atoms with Crippen LogP contribution in [0.2, 0.25) is 0 Å². The minimum Gasteiger partial charge on any atom is -0.391 e. The topological polar surface area (TPSA) is 67.8 Å². The van der Waals surface area contributed by atoms with Gasteiger partial charge in [-0.2, -0.15) is 0 Å². The third-order valence-corrected chi connectivity index (χ3v) is 5.14. The summed E-state index contributed by atoms with van der Waals surface area (Å²) in [6, 6.07) is 7.84. The van der Waals surface area contributed by atoms with Crippen molar-refractivity contribution in [3.05, 3.63) is 29.8 Å². The fraction of sp³-hybridized carbons (Fsp3) is 0.611. The molecule has 3 rings (SSSR count). The first-order valence-electron chi connectivity index (χ1n) is 8.91. The number of hydrogen-bond acceptors (Lipinski definition) is 5. The molecule has 2 atom stereocenters. The molecule has 0 bridgehead atoms. The SMILES string of the molecule is CCN1CCN(c2ccc(C(=O)NCC3CNCC3O)cc2)CC1. The molecule has 0 spiro atoms. The second kappa shape index (κ2) is 7.96. The van der Waals surface area contributed by atoms with E-state index in [0.29, 0.717) is 18.7 Å². The number of benzene rings is 1. The van der Waals surface area contributed by atoms with Crippen LogP contribution in [0.15, 0.2) is 24.3 Å². The fourth-order valence-corrected chi connectivity index (χ4v) is 3.40. The van der Waals surface area contributed by atoms with Crippen molar-refractivity contribution < 1.29 is 9.90 Å². The summed E-state index contributed by atoms with van der Waals surface area (Å²) in [6.07, 6.45) is -0.366. The summed E-state index contributed by atoms with van der Waals surface area (Å²) in [6.45, 7) is 9.44. The van der Waals surface area contributed by atoms with Gasteiger partial charge >= 0.3 is 0 Å². The molecule has 2 aliphatic rings. The van der Waals surface area contributed by atoms with Crippen LogP contribution < -0.4 is 15.5 Å². The highest BCUT2D eigenvalue weighted by atomic mass is 16.3. The molecule has 0 radical (unpaired) electrons. The van der Waals surface area contributed by atoms with E-state index in [1.54, 1.807) is 0 Å². The van der Waals surface area contributed by atoms with Gasteiger partial charge in [-0.15, -0.1) is 0 Å². The first kappa shape index (κ1) is 17.2. The van der Waals surface area contributed by atoms with Crippen molar-refractivity contribution in [2.45, 2.75) is 13.0 Å². The molecule has 1 aromatic carbocycles. The number of hydrogen-bond donors (Lipinski definition) is 3. The number of likely N-dealkylation sites (N-methyl/N-ethyl adjacent to an activating group) is 1. The average molecular weight is 332 g/mol. The van der Waals surface area contributed by atoms with Crippen LogP contribution in [0.1, 0.15) is 17.3 Å². The van der Waals surface area contributed by atoms with Crippen molar-refractivity contribution in [1.82, 2.24) is 15.5 Å². The highest BCUT2D eigenvalue weighted by Crippen LogP contribution is 2.17. The summed E-state index contributed by atoms with van der Waals surface area (Å²) >= 11 is 0. The molecule has 2 heterocycles. The summed E-state index contributed by atoms with van der Waals surface area (Å²) in [5.74, 6) is 0.0273. The number of nitrogens with one attached hydrogen (secondary N) is 2. The second-order valence-corrected chi connectivity index (χ2v) is 6.66. The normalized spacial score (nSPS) is 25.0. The van der Waals surface area contributed by atoms with Gasteiger partial charge in [0, 0.05) is 63.0 Å². The summed E-state index contributed by atoms with van der Waals surface area (Å²) in [7, 11) is 0. The number of carbonyl (C=O) groups excluding carboxylic acids is 1. The Morgan fingerprint density at radius 3 is 2.50 bits per heavy atom. The molecule has 6 nitrogen and oxygen atoms in total.